The van der Waals surface area contributed by atoms with Crippen LogP contribution in [-0.2, 0) is 11.3 Å². The van der Waals surface area contributed by atoms with Crippen molar-refractivity contribution in [3.8, 4) is 0 Å². The quantitative estimate of drug-likeness (QED) is 0.734. The maximum Gasteiger partial charge on any atom is 0.0724 e. The van der Waals surface area contributed by atoms with Gasteiger partial charge in [0.1, 0.15) is 0 Å². The first-order valence-corrected chi connectivity index (χ1v) is 4.76. The van der Waals surface area contributed by atoms with Gasteiger partial charge in [0.25, 0.3) is 0 Å². The molecule has 0 aromatic heterocycles. The van der Waals surface area contributed by atoms with E-state index in [0.717, 1.165) is 5.56 Å². The van der Waals surface area contributed by atoms with E-state index >= 15 is 0 Å². The van der Waals surface area contributed by atoms with E-state index in [1.165, 1.54) is 0 Å². The standard InChI is InChI=1S/C11H17NO2/c1-9(11(12)7-13)14-8-10-5-3-2-4-6-10/h2-6,9,11,13H,7-8,12H2,1H3/t9-,11-/m1/s1. The molecule has 0 fully saturated rings. The van der Waals surface area contributed by atoms with Crippen molar-refractivity contribution in [3.05, 3.63) is 35.9 Å². The van der Waals surface area contributed by atoms with Crippen molar-refractivity contribution in [2.75, 3.05) is 6.61 Å². The number of benzene rings is 1. The van der Waals surface area contributed by atoms with Crippen LogP contribution >= 0.6 is 0 Å². The van der Waals surface area contributed by atoms with Gasteiger partial charge in [-0.05, 0) is 12.5 Å². The van der Waals surface area contributed by atoms with Crippen LogP contribution in [0.3, 0.4) is 0 Å². The summed E-state index contributed by atoms with van der Waals surface area (Å²) < 4.78 is 5.50. The number of rotatable bonds is 5. The zero-order valence-electron chi connectivity index (χ0n) is 8.39. The molecule has 1 aromatic carbocycles. The summed E-state index contributed by atoms with van der Waals surface area (Å²) in [6.45, 7) is 2.36. The highest BCUT2D eigenvalue weighted by molar-refractivity contribution is 5.13. The second-order valence-corrected chi connectivity index (χ2v) is 3.35. The van der Waals surface area contributed by atoms with Gasteiger partial charge in [0.2, 0.25) is 0 Å². The molecular weight excluding hydrogens is 178 g/mol. The number of nitrogens with two attached hydrogens (primary N) is 1. The lowest BCUT2D eigenvalue weighted by Gasteiger charge is -2.18. The zero-order chi connectivity index (χ0) is 10.4. The van der Waals surface area contributed by atoms with Crippen LogP contribution in [0.4, 0.5) is 0 Å². The molecule has 0 bridgehead atoms. The fourth-order valence-corrected chi connectivity index (χ4v) is 1.07. The molecule has 0 saturated carbocycles. The number of ether oxygens (including phenoxy) is 1. The van der Waals surface area contributed by atoms with E-state index in [2.05, 4.69) is 0 Å². The molecule has 0 saturated heterocycles. The summed E-state index contributed by atoms with van der Waals surface area (Å²) >= 11 is 0. The molecule has 0 spiro atoms. The average molecular weight is 195 g/mol. The Bertz CT molecular complexity index is 251. The van der Waals surface area contributed by atoms with Gasteiger partial charge >= 0.3 is 0 Å². The molecule has 0 aliphatic rings. The fraction of sp³-hybridized carbons (Fsp3) is 0.455. The minimum Gasteiger partial charge on any atom is -0.395 e. The van der Waals surface area contributed by atoms with Crippen LogP contribution in [0.25, 0.3) is 0 Å². The van der Waals surface area contributed by atoms with E-state index in [0.29, 0.717) is 6.61 Å². The second-order valence-electron chi connectivity index (χ2n) is 3.35. The van der Waals surface area contributed by atoms with Crippen LogP contribution in [0.15, 0.2) is 30.3 Å². The highest BCUT2D eigenvalue weighted by Crippen LogP contribution is 2.04. The normalized spacial score (nSPS) is 15.1. The van der Waals surface area contributed by atoms with Crippen molar-refractivity contribution >= 4 is 0 Å². The first-order chi connectivity index (χ1) is 6.74. The Morgan fingerprint density at radius 1 is 1.36 bits per heavy atom. The first-order valence-electron chi connectivity index (χ1n) is 4.76. The molecule has 0 aliphatic heterocycles. The van der Waals surface area contributed by atoms with E-state index < -0.39 is 0 Å². The van der Waals surface area contributed by atoms with E-state index in [9.17, 15) is 0 Å². The number of hydrogen-bond donors (Lipinski definition) is 2. The number of hydrogen-bond acceptors (Lipinski definition) is 3. The van der Waals surface area contributed by atoms with Crippen LogP contribution < -0.4 is 5.73 Å². The molecule has 78 valence electrons. The predicted octanol–water partition coefficient (Wildman–Crippen LogP) is 0.911. The molecule has 1 rings (SSSR count). The summed E-state index contributed by atoms with van der Waals surface area (Å²) in [5.41, 5.74) is 6.72. The minimum absolute atomic E-state index is 0.0457. The molecule has 0 aliphatic carbocycles. The second kappa shape index (κ2) is 5.75. The molecule has 14 heavy (non-hydrogen) atoms. The molecule has 0 radical (unpaired) electrons. The first kappa shape index (κ1) is 11.2. The summed E-state index contributed by atoms with van der Waals surface area (Å²) in [6, 6.07) is 9.59. The number of aliphatic hydroxyl groups excluding tert-OH is 1. The number of aliphatic hydroxyl groups is 1. The van der Waals surface area contributed by atoms with Crippen LogP contribution in [0.2, 0.25) is 0 Å². The zero-order valence-corrected chi connectivity index (χ0v) is 8.39. The van der Waals surface area contributed by atoms with Crippen molar-refractivity contribution in [1.82, 2.24) is 0 Å². The molecule has 2 atom stereocenters. The van der Waals surface area contributed by atoms with Crippen LogP contribution in [-0.4, -0.2) is 23.9 Å². The van der Waals surface area contributed by atoms with E-state index in [-0.39, 0.29) is 18.8 Å². The van der Waals surface area contributed by atoms with Gasteiger partial charge in [0, 0.05) is 0 Å². The Hall–Kier alpha value is -0.900. The molecule has 0 heterocycles. The summed E-state index contributed by atoms with van der Waals surface area (Å²) in [6.07, 6.45) is -0.125. The Labute approximate surface area is 84.5 Å². The highest BCUT2D eigenvalue weighted by Gasteiger charge is 2.11. The molecule has 3 nitrogen and oxygen atoms in total. The van der Waals surface area contributed by atoms with E-state index in [4.69, 9.17) is 15.6 Å². The third-order valence-corrected chi connectivity index (χ3v) is 2.17. The molecule has 3 heteroatoms. The lowest BCUT2D eigenvalue weighted by Crippen LogP contribution is -2.37. The maximum atomic E-state index is 8.80. The Kier molecular flexibility index (Phi) is 4.59. The summed E-state index contributed by atoms with van der Waals surface area (Å²) in [5.74, 6) is 0. The Morgan fingerprint density at radius 2 is 2.00 bits per heavy atom. The minimum atomic E-state index is -0.307. The third kappa shape index (κ3) is 3.46. The lowest BCUT2D eigenvalue weighted by molar-refractivity contribution is 0.0224. The maximum absolute atomic E-state index is 8.80. The SMILES string of the molecule is C[C@@H](OCc1ccccc1)[C@H](N)CO. The van der Waals surface area contributed by atoms with Crippen molar-refractivity contribution < 1.29 is 9.84 Å². The summed E-state index contributed by atoms with van der Waals surface area (Å²) in [4.78, 5) is 0. The predicted molar refractivity (Wildman–Crippen MR) is 55.8 cm³/mol. The van der Waals surface area contributed by atoms with E-state index in [1.54, 1.807) is 0 Å². The lowest BCUT2D eigenvalue weighted by atomic mass is 10.2. The molecule has 3 N–H and O–H groups in total. The molecule has 0 amide bonds. The molecule has 0 unspecified atom stereocenters. The molecule has 1 aromatic rings. The van der Waals surface area contributed by atoms with Gasteiger partial charge in [-0.2, -0.15) is 0 Å². The average Bonchev–Trinajstić information content (AvgIpc) is 2.26. The van der Waals surface area contributed by atoms with Gasteiger partial charge < -0.3 is 15.6 Å². The Balaban J connectivity index is 2.34. The van der Waals surface area contributed by atoms with Gasteiger partial charge in [-0.3, -0.25) is 0 Å². The molecular formula is C11H17NO2. The monoisotopic (exact) mass is 195 g/mol. The largest absolute Gasteiger partial charge is 0.395 e. The van der Waals surface area contributed by atoms with Crippen molar-refractivity contribution in [2.45, 2.75) is 25.7 Å². The smallest absolute Gasteiger partial charge is 0.0724 e. The topological polar surface area (TPSA) is 55.5 Å². The van der Waals surface area contributed by atoms with Gasteiger partial charge in [-0.25, -0.2) is 0 Å². The summed E-state index contributed by atoms with van der Waals surface area (Å²) in [7, 11) is 0. The van der Waals surface area contributed by atoms with Gasteiger partial charge in [0.05, 0.1) is 25.4 Å². The third-order valence-electron chi connectivity index (χ3n) is 2.17. The van der Waals surface area contributed by atoms with Crippen molar-refractivity contribution in [3.63, 3.8) is 0 Å². The van der Waals surface area contributed by atoms with Gasteiger partial charge in [-0.1, -0.05) is 30.3 Å². The fourth-order valence-electron chi connectivity index (χ4n) is 1.07. The van der Waals surface area contributed by atoms with Gasteiger partial charge in [-0.15, -0.1) is 0 Å². The highest BCUT2D eigenvalue weighted by atomic mass is 16.5. The van der Waals surface area contributed by atoms with Crippen LogP contribution in [0.5, 0.6) is 0 Å². The van der Waals surface area contributed by atoms with E-state index in [1.807, 2.05) is 37.3 Å². The van der Waals surface area contributed by atoms with Crippen molar-refractivity contribution in [2.24, 2.45) is 5.73 Å². The Morgan fingerprint density at radius 3 is 2.57 bits per heavy atom. The van der Waals surface area contributed by atoms with Crippen LogP contribution in [0, 0.1) is 0 Å². The van der Waals surface area contributed by atoms with Gasteiger partial charge in [0.15, 0.2) is 0 Å². The van der Waals surface area contributed by atoms with Crippen molar-refractivity contribution in [1.29, 1.82) is 0 Å². The summed E-state index contributed by atoms with van der Waals surface area (Å²) in [5, 5.41) is 8.80. The van der Waals surface area contributed by atoms with Crippen LogP contribution in [0.1, 0.15) is 12.5 Å².